The largest absolute Gasteiger partial charge is 0.396 e. The molecule has 0 radical (unpaired) electrons. The second-order valence-corrected chi connectivity index (χ2v) is 11.6. The third-order valence-corrected chi connectivity index (χ3v) is 9.30. The van der Waals surface area contributed by atoms with E-state index in [1.54, 1.807) is 6.08 Å². The Balaban J connectivity index is 1.66. The van der Waals surface area contributed by atoms with Crippen LogP contribution in [0.25, 0.3) is 0 Å². The minimum atomic E-state index is -1.15. The first kappa shape index (κ1) is 22.9. The number of fused-ring (bicyclic) bond motifs is 5. The van der Waals surface area contributed by atoms with E-state index >= 15 is 0 Å². The van der Waals surface area contributed by atoms with Crippen LogP contribution in [0.3, 0.4) is 0 Å². The molecule has 31 heavy (non-hydrogen) atoms. The van der Waals surface area contributed by atoms with Crippen LogP contribution in [-0.4, -0.2) is 39.4 Å². The fourth-order valence-corrected chi connectivity index (χ4v) is 7.96. The standard InChI is InChI=1S/C27H40O4/c1-17(2)6-5-11-26(4,31)24-23(30)15-22-20-8-7-18-14-19(29)9-12-25(18,3)21(20)10-13-27(22,24)16-28/h5,9,11-12,14,17,20-24,28,30-31H,6-8,10,13,15-16H2,1-4H3/b11-5+/t20?,21?,22?,23-,24?,25-,26?,27+/m0/s1. The van der Waals surface area contributed by atoms with Gasteiger partial charge >= 0.3 is 0 Å². The molecule has 4 aliphatic carbocycles. The van der Waals surface area contributed by atoms with Crippen LogP contribution < -0.4 is 0 Å². The molecule has 8 atom stereocenters. The number of carbonyl (C=O) groups is 1. The molecule has 3 N–H and O–H groups in total. The molecule has 0 aromatic rings. The molecule has 0 saturated heterocycles. The van der Waals surface area contributed by atoms with Crippen LogP contribution in [0, 0.1) is 40.4 Å². The van der Waals surface area contributed by atoms with Crippen molar-refractivity contribution in [1.82, 2.24) is 0 Å². The number of rotatable bonds is 5. The Labute approximate surface area is 187 Å². The van der Waals surface area contributed by atoms with Crippen LogP contribution in [0.5, 0.6) is 0 Å². The lowest BCUT2D eigenvalue weighted by molar-refractivity contribution is -0.126. The Bertz CT molecular complexity index is 806. The Morgan fingerprint density at radius 1 is 1.29 bits per heavy atom. The van der Waals surface area contributed by atoms with Crippen molar-refractivity contribution in [3.63, 3.8) is 0 Å². The molecule has 0 aromatic heterocycles. The van der Waals surface area contributed by atoms with Gasteiger partial charge in [0.15, 0.2) is 5.78 Å². The van der Waals surface area contributed by atoms with E-state index in [1.807, 2.05) is 25.2 Å². The van der Waals surface area contributed by atoms with Gasteiger partial charge in [0.05, 0.1) is 11.7 Å². The number of hydrogen-bond acceptors (Lipinski definition) is 4. The molecule has 4 rings (SSSR count). The van der Waals surface area contributed by atoms with E-state index in [1.165, 1.54) is 5.57 Å². The summed E-state index contributed by atoms with van der Waals surface area (Å²) in [6, 6.07) is 0. The van der Waals surface area contributed by atoms with Gasteiger partial charge in [0.25, 0.3) is 0 Å². The van der Waals surface area contributed by atoms with Gasteiger partial charge in [0.2, 0.25) is 0 Å². The summed E-state index contributed by atoms with van der Waals surface area (Å²) in [5.74, 6) is 1.21. The number of aliphatic hydroxyl groups excluding tert-OH is 2. The quantitative estimate of drug-likeness (QED) is 0.573. The Morgan fingerprint density at radius 2 is 2.03 bits per heavy atom. The minimum absolute atomic E-state index is 0.00448. The normalized spacial score (nSPS) is 44.1. The SMILES string of the molecule is CC(C)C/C=C/C(C)(O)C1[C@@H](O)CC2C3CCC4=CC(=O)C=C[C@]4(C)C3CC[C@@]21CO. The maximum atomic E-state index is 12.0. The van der Waals surface area contributed by atoms with Gasteiger partial charge in [-0.15, -0.1) is 0 Å². The van der Waals surface area contributed by atoms with Crippen molar-refractivity contribution in [2.45, 2.75) is 77.9 Å². The predicted octanol–water partition coefficient (Wildman–Crippen LogP) is 4.21. The molecule has 4 nitrogen and oxygen atoms in total. The zero-order valence-electron chi connectivity index (χ0n) is 19.6. The fraction of sp³-hybridized carbons (Fsp3) is 0.741. The maximum Gasteiger partial charge on any atom is 0.178 e. The lowest BCUT2D eigenvalue weighted by atomic mass is 9.47. The van der Waals surface area contributed by atoms with E-state index in [0.29, 0.717) is 24.2 Å². The van der Waals surface area contributed by atoms with E-state index in [4.69, 9.17) is 0 Å². The van der Waals surface area contributed by atoms with Crippen LogP contribution >= 0.6 is 0 Å². The van der Waals surface area contributed by atoms with Gasteiger partial charge in [-0.25, -0.2) is 0 Å². The maximum absolute atomic E-state index is 12.0. The van der Waals surface area contributed by atoms with Crippen molar-refractivity contribution in [3.05, 3.63) is 36.0 Å². The molecular weight excluding hydrogens is 388 g/mol. The Kier molecular flexibility index (Phi) is 5.90. The van der Waals surface area contributed by atoms with Crippen molar-refractivity contribution in [3.8, 4) is 0 Å². The Hall–Kier alpha value is -1.23. The highest BCUT2D eigenvalue weighted by atomic mass is 16.3. The first-order valence-electron chi connectivity index (χ1n) is 12.2. The second kappa shape index (κ2) is 7.97. The van der Waals surface area contributed by atoms with Crippen LogP contribution in [-0.2, 0) is 4.79 Å². The highest BCUT2D eigenvalue weighted by molar-refractivity contribution is 6.01. The summed E-state index contributed by atoms with van der Waals surface area (Å²) in [5.41, 5.74) is -0.477. The Morgan fingerprint density at radius 3 is 2.71 bits per heavy atom. The molecule has 0 amide bonds. The smallest absolute Gasteiger partial charge is 0.178 e. The van der Waals surface area contributed by atoms with Crippen LogP contribution in [0.15, 0.2) is 36.0 Å². The van der Waals surface area contributed by atoms with Crippen LogP contribution in [0.1, 0.15) is 66.2 Å². The average molecular weight is 429 g/mol. The van der Waals surface area contributed by atoms with Gasteiger partial charge in [-0.05, 0) is 81.3 Å². The summed E-state index contributed by atoms with van der Waals surface area (Å²) >= 11 is 0. The summed E-state index contributed by atoms with van der Waals surface area (Å²) < 4.78 is 0. The van der Waals surface area contributed by atoms with E-state index < -0.39 is 17.1 Å². The molecule has 0 heterocycles. The molecule has 3 fully saturated rings. The van der Waals surface area contributed by atoms with Gasteiger partial charge in [-0.2, -0.15) is 0 Å². The van der Waals surface area contributed by atoms with Gasteiger partial charge < -0.3 is 15.3 Å². The van der Waals surface area contributed by atoms with Crippen molar-refractivity contribution in [2.24, 2.45) is 40.4 Å². The third kappa shape index (κ3) is 3.59. The molecular formula is C27H40O4. The zero-order chi connectivity index (χ0) is 22.6. The minimum Gasteiger partial charge on any atom is -0.396 e. The second-order valence-electron chi connectivity index (χ2n) is 11.6. The van der Waals surface area contributed by atoms with Crippen LogP contribution in [0.2, 0.25) is 0 Å². The lowest BCUT2D eigenvalue weighted by Gasteiger charge is -2.58. The monoisotopic (exact) mass is 428 g/mol. The fourth-order valence-electron chi connectivity index (χ4n) is 7.96. The number of carbonyl (C=O) groups excluding carboxylic acids is 1. The average Bonchev–Trinajstić information content (AvgIpc) is 3.01. The summed E-state index contributed by atoms with van der Waals surface area (Å²) in [6.45, 7) is 8.37. The zero-order valence-corrected chi connectivity index (χ0v) is 19.6. The molecule has 172 valence electrons. The van der Waals surface area contributed by atoms with Crippen LogP contribution in [0.4, 0.5) is 0 Å². The topological polar surface area (TPSA) is 77.8 Å². The van der Waals surface area contributed by atoms with Gasteiger partial charge in [-0.3, -0.25) is 4.79 Å². The number of hydrogen-bond donors (Lipinski definition) is 3. The lowest BCUT2D eigenvalue weighted by Crippen LogP contribution is -2.55. The molecule has 4 heteroatoms. The van der Waals surface area contributed by atoms with E-state index in [2.05, 4.69) is 26.8 Å². The van der Waals surface area contributed by atoms with Crippen molar-refractivity contribution in [1.29, 1.82) is 0 Å². The molecule has 5 unspecified atom stereocenters. The molecule has 0 spiro atoms. The molecule has 4 aliphatic rings. The first-order chi connectivity index (χ1) is 14.5. The highest BCUT2D eigenvalue weighted by Gasteiger charge is 2.65. The number of aliphatic hydroxyl groups is 3. The number of allylic oxidation sites excluding steroid dienone is 5. The summed E-state index contributed by atoms with van der Waals surface area (Å²) in [7, 11) is 0. The number of ketones is 1. The summed E-state index contributed by atoms with van der Waals surface area (Å²) in [5, 5.41) is 33.4. The first-order valence-corrected chi connectivity index (χ1v) is 12.2. The van der Waals surface area contributed by atoms with Gasteiger partial charge in [0, 0.05) is 23.4 Å². The predicted molar refractivity (Wildman–Crippen MR) is 122 cm³/mol. The highest BCUT2D eigenvalue weighted by Crippen LogP contribution is 2.67. The van der Waals surface area contributed by atoms with Crippen molar-refractivity contribution < 1.29 is 20.1 Å². The van der Waals surface area contributed by atoms with Crippen molar-refractivity contribution >= 4 is 5.78 Å². The third-order valence-electron chi connectivity index (χ3n) is 9.30. The summed E-state index contributed by atoms with van der Waals surface area (Å²) in [4.78, 5) is 12.0. The van der Waals surface area contributed by atoms with Crippen molar-refractivity contribution in [2.75, 3.05) is 6.61 Å². The van der Waals surface area contributed by atoms with E-state index in [0.717, 1.165) is 32.1 Å². The van der Waals surface area contributed by atoms with Gasteiger partial charge in [0.1, 0.15) is 0 Å². The molecule has 0 aliphatic heterocycles. The summed E-state index contributed by atoms with van der Waals surface area (Å²) in [6.07, 6.45) is 14.1. The van der Waals surface area contributed by atoms with Gasteiger partial charge in [-0.1, -0.05) is 44.6 Å². The molecule has 3 saturated carbocycles. The van der Waals surface area contributed by atoms with E-state index in [9.17, 15) is 20.1 Å². The molecule has 0 aromatic carbocycles. The van der Waals surface area contributed by atoms with E-state index in [-0.39, 0.29) is 29.6 Å². The molecule has 0 bridgehead atoms.